The number of thiocarbonyl (C=S) groups is 1. The standard InChI is InChI=1S/C27H33N5OS/c1-6-31-19(4)16-21(20(31)5)26-25(22-9-7-8-13-28-22)30-27(34)32(26)14-12-24(33)29-23-15-17(2)10-11-18(23)3/h7-11,13,15-16,25-26H,6,12,14H2,1-5H3,(H,29,33)(H,30,34). The van der Waals surface area contributed by atoms with Crippen molar-refractivity contribution in [3.63, 3.8) is 0 Å². The Morgan fingerprint density at radius 3 is 2.62 bits per heavy atom. The molecule has 0 spiro atoms. The normalized spacial score (nSPS) is 17.7. The molecule has 0 saturated carbocycles. The highest BCUT2D eigenvalue weighted by atomic mass is 32.1. The quantitative estimate of drug-likeness (QED) is 0.464. The zero-order valence-electron chi connectivity index (χ0n) is 20.6. The predicted octanol–water partition coefficient (Wildman–Crippen LogP) is 5.14. The van der Waals surface area contributed by atoms with Gasteiger partial charge in [-0.2, -0.15) is 0 Å². The molecule has 1 aliphatic heterocycles. The van der Waals surface area contributed by atoms with Crippen LogP contribution in [0.4, 0.5) is 5.69 Å². The third-order valence-electron chi connectivity index (χ3n) is 6.69. The Morgan fingerprint density at radius 2 is 1.94 bits per heavy atom. The molecular weight excluding hydrogens is 442 g/mol. The van der Waals surface area contributed by atoms with Crippen molar-refractivity contribution in [2.75, 3.05) is 11.9 Å². The third kappa shape index (κ3) is 4.71. The van der Waals surface area contributed by atoms with Crippen LogP contribution in [0.2, 0.25) is 0 Å². The number of hydrogen-bond donors (Lipinski definition) is 2. The average molecular weight is 476 g/mol. The summed E-state index contributed by atoms with van der Waals surface area (Å²) in [6, 6.07) is 14.2. The van der Waals surface area contributed by atoms with Gasteiger partial charge in [0.25, 0.3) is 0 Å². The first-order chi connectivity index (χ1) is 16.3. The van der Waals surface area contributed by atoms with Gasteiger partial charge in [-0.15, -0.1) is 0 Å². The van der Waals surface area contributed by atoms with Gasteiger partial charge < -0.3 is 20.1 Å². The molecule has 7 heteroatoms. The van der Waals surface area contributed by atoms with Gasteiger partial charge in [0.15, 0.2) is 5.11 Å². The van der Waals surface area contributed by atoms with Gasteiger partial charge in [0, 0.05) is 42.8 Å². The van der Waals surface area contributed by atoms with Crippen LogP contribution in [0.1, 0.15) is 59.2 Å². The van der Waals surface area contributed by atoms with Crippen LogP contribution in [0, 0.1) is 27.7 Å². The average Bonchev–Trinajstić information content (AvgIpc) is 3.29. The maximum atomic E-state index is 12.9. The maximum Gasteiger partial charge on any atom is 0.226 e. The summed E-state index contributed by atoms with van der Waals surface area (Å²) < 4.78 is 2.32. The van der Waals surface area contributed by atoms with Gasteiger partial charge in [0.05, 0.1) is 17.8 Å². The fraction of sp³-hybridized carbons (Fsp3) is 0.370. The lowest BCUT2D eigenvalue weighted by Crippen LogP contribution is -2.33. The van der Waals surface area contributed by atoms with Crippen molar-refractivity contribution in [3.8, 4) is 0 Å². The highest BCUT2D eigenvalue weighted by Gasteiger charge is 2.41. The fourth-order valence-electron chi connectivity index (χ4n) is 4.90. The van der Waals surface area contributed by atoms with E-state index in [-0.39, 0.29) is 18.0 Å². The predicted molar refractivity (Wildman–Crippen MR) is 141 cm³/mol. The van der Waals surface area contributed by atoms with E-state index in [1.807, 2.05) is 50.4 Å². The number of carbonyl (C=O) groups is 1. The molecule has 1 fully saturated rings. The third-order valence-corrected chi connectivity index (χ3v) is 7.04. The van der Waals surface area contributed by atoms with E-state index in [1.165, 1.54) is 17.0 Å². The first kappa shape index (κ1) is 24.0. The van der Waals surface area contributed by atoms with Gasteiger partial charge in [0.2, 0.25) is 5.91 Å². The topological polar surface area (TPSA) is 62.2 Å². The number of aryl methyl sites for hydroxylation is 3. The number of anilines is 1. The molecule has 0 aliphatic carbocycles. The molecule has 0 bridgehead atoms. The molecule has 4 rings (SSSR count). The monoisotopic (exact) mass is 475 g/mol. The Morgan fingerprint density at radius 1 is 1.15 bits per heavy atom. The van der Waals surface area contributed by atoms with E-state index < -0.39 is 0 Å². The summed E-state index contributed by atoms with van der Waals surface area (Å²) >= 11 is 5.77. The second-order valence-electron chi connectivity index (χ2n) is 9.01. The number of amides is 1. The van der Waals surface area contributed by atoms with E-state index in [9.17, 15) is 4.79 Å². The number of carbonyl (C=O) groups excluding carboxylic acids is 1. The summed E-state index contributed by atoms with van der Waals surface area (Å²) in [6.07, 6.45) is 2.15. The summed E-state index contributed by atoms with van der Waals surface area (Å²) in [7, 11) is 0. The zero-order valence-corrected chi connectivity index (χ0v) is 21.4. The first-order valence-electron chi connectivity index (χ1n) is 11.8. The van der Waals surface area contributed by atoms with Crippen LogP contribution in [0.15, 0.2) is 48.7 Å². The van der Waals surface area contributed by atoms with Gasteiger partial charge in [-0.05, 0) is 87.8 Å². The SMILES string of the molecule is CCn1c(C)cc(C2C(c3ccccn3)NC(=S)N2CCC(=O)Nc2cc(C)ccc2C)c1C. The van der Waals surface area contributed by atoms with E-state index in [0.717, 1.165) is 29.1 Å². The first-order valence-corrected chi connectivity index (χ1v) is 12.2. The van der Waals surface area contributed by atoms with Crippen LogP contribution in [0.3, 0.4) is 0 Å². The van der Waals surface area contributed by atoms with Gasteiger partial charge in [-0.25, -0.2) is 0 Å². The Balaban J connectivity index is 1.60. The number of nitrogens with one attached hydrogen (secondary N) is 2. The number of rotatable bonds is 7. The van der Waals surface area contributed by atoms with Crippen molar-refractivity contribution >= 4 is 28.9 Å². The summed E-state index contributed by atoms with van der Waals surface area (Å²) in [5.41, 5.74) is 7.65. The number of benzene rings is 1. The summed E-state index contributed by atoms with van der Waals surface area (Å²) in [5.74, 6) is -0.0180. The van der Waals surface area contributed by atoms with Gasteiger partial charge in [-0.3, -0.25) is 9.78 Å². The Kier molecular flexibility index (Phi) is 7.03. The molecule has 2 atom stereocenters. The van der Waals surface area contributed by atoms with Crippen LogP contribution < -0.4 is 10.6 Å². The largest absolute Gasteiger partial charge is 0.352 e. The summed E-state index contributed by atoms with van der Waals surface area (Å²) in [6.45, 7) is 11.9. The Bertz CT molecular complexity index is 1200. The molecule has 2 aromatic heterocycles. The molecule has 2 unspecified atom stereocenters. The summed E-state index contributed by atoms with van der Waals surface area (Å²) in [5, 5.41) is 7.22. The van der Waals surface area contributed by atoms with Crippen molar-refractivity contribution in [1.82, 2.24) is 19.8 Å². The number of nitrogens with zero attached hydrogens (tertiary/aromatic N) is 3. The lowest BCUT2D eigenvalue weighted by Gasteiger charge is -2.28. The van der Waals surface area contributed by atoms with Gasteiger partial charge in [0.1, 0.15) is 0 Å². The molecule has 1 saturated heterocycles. The minimum atomic E-state index is -0.0819. The van der Waals surface area contributed by atoms with Crippen LogP contribution in [0.5, 0.6) is 0 Å². The van der Waals surface area contributed by atoms with Crippen LogP contribution in [0.25, 0.3) is 0 Å². The zero-order chi connectivity index (χ0) is 24.4. The van der Waals surface area contributed by atoms with Crippen molar-refractivity contribution in [2.24, 2.45) is 0 Å². The second-order valence-corrected chi connectivity index (χ2v) is 9.39. The summed E-state index contributed by atoms with van der Waals surface area (Å²) in [4.78, 5) is 19.7. The molecule has 6 nitrogen and oxygen atoms in total. The molecule has 1 aliphatic rings. The lowest BCUT2D eigenvalue weighted by molar-refractivity contribution is -0.116. The molecule has 178 valence electrons. The molecule has 3 aromatic rings. The number of pyridine rings is 1. The van der Waals surface area contributed by atoms with Crippen molar-refractivity contribution in [1.29, 1.82) is 0 Å². The molecule has 1 amide bonds. The Labute approximate surface area is 207 Å². The lowest BCUT2D eigenvalue weighted by atomic mass is 9.96. The van der Waals surface area contributed by atoms with Crippen molar-refractivity contribution < 1.29 is 4.79 Å². The number of aromatic nitrogens is 2. The molecule has 34 heavy (non-hydrogen) atoms. The highest BCUT2D eigenvalue weighted by molar-refractivity contribution is 7.80. The van der Waals surface area contributed by atoms with Gasteiger partial charge >= 0.3 is 0 Å². The molecule has 2 N–H and O–H groups in total. The van der Waals surface area contributed by atoms with Crippen molar-refractivity contribution in [2.45, 2.75) is 59.7 Å². The van der Waals surface area contributed by atoms with E-state index >= 15 is 0 Å². The van der Waals surface area contributed by atoms with E-state index in [4.69, 9.17) is 12.2 Å². The van der Waals surface area contributed by atoms with Crippen molar-refractivity contribution in [3.05, 3.63) is 82.4 Å². The van der Waals surface area contributed by atoms with Crippen LogP contribution >= 0.6 is 12.2 Å². The van der Waals surface area contributed by atoms with E-state index in [0.29, 0.717) is 18.1 Å². The minimum absolute atomic E-state index is 0.0180. The molecule has 3 heterocycles. The van der Waals surface area contributed by atoms with Gasteiger partial charge in [-0.1, -0.05) is 18.2 Å². The highest BCUT2D eigenvalue weighted by Crippen LogP contribution is 2.40. The molecule has 0 radical (unpaired) electrons. The molecule has 1 aromatic carbocycles. The molecular formula is C27H33N5OS. The maximum absolute atomic E-state index is 12.9. The van der Waals surface area contributed by atoms with Crippen LogP contribution in [-0.4, -0.2) is 32.0 Å². The van der Waals surface area contributed by atoms with Crippen LogP contribution in [-0.2, 0) is 11.3 Å². The second kappa shape index (κ2) is 9.97. The Hall–Kier alpha value is -3.19. The smallest absolute Gasteiger partial charge is 0.226 e. The van der Waals surface area contributed by atoms with E-state index in [2.05, 4.69) is 58.0 Å². The fourth-order valence-corrected chi connectivity index (χ4v) is 5.24. The minimum Gasteiger partial charge on any atom is -0.352 e. The number of hydrogen-bond acceptors (Lipinski definition) is 3. The van der Waals surface area contributed by atoms with E-state index in [1.54, 1.807) is 0 Å².